The van der Waals surface area contributed by atoms with E-state index < -0.39 is 11.4 Å². The number of carboxylic acids is 1. The van der Waals surface area contributed by atoms with Gasteiger partial charge in [-0.2, -0.15) is 0 Å². The van der Waals surface area contributed by atoms with E-state index in [1.54, 1.807) is 7.11 Å². The Morgan fingerprint density at radius 3 is 2.56 bits per heavy atom. The van der Waals surface area contributed by atoms with Crippen LogP contribution in [0.4, 0.5) is 0 Å². The zero-order chi connectivity index (χ0) is 12.2. The third kappa shape index (κ3) is 3.46. The lowest BCUT2D eigenvalue weighted by atomic mass is 9.87. The summed E-state index contributed by atoms with van der Waals surface area (Å²) in [7, 11) is 1.68. The minimum atomic E-state index is -0.696. The van der Waals surface area contributed by atoms with Crippen LogP contribution in [0, 0.1) is 5.41 Å². The summed E-state index contributed by atoms with van der Waals surface area (Å²) in [6, 6.07) is 0.584. The first kappa shape index (κ1) is 13.5. The van der Waals surface area contributed by atoms with Gasteiger partial charge >= 0.3 is 5.97 Å². The van der Waals surface area contributed by atoms with Gasteiger partial charge in [0.05, 0.1) is 12.0 Å². The fourth-order valence-electron chi connectivity index (χ4n) is 1.82. The maximum Gasteiger partial charge on any atom is 0.310 e. The fraction of sp³-hybridized carbons (Fsp3) is 0.917. The van der Waals surface area contributed by atoms with E-state index in [-0.39, 0.29) is 0 Å². The van der Waals surface area contributed by atoms with Crippen molar-refractivity contribution >= 4 is 5.97 Å². The Bertz CT molecular complexity index is 240. The predicted octanol–water partition coefficient (Wildman–Crippen LogP) is 1.60. The topological polar surface area (TPSA) is 49.8 Å². The molecular formula is C12H23NO3. The molecule has 4 nitrogen and oxygen atoms in total. The Hall–Kier alpha value is -0.610. The van der Waals surface area contributed by atoms with Crippen molar-refractivity contribution in [2.24, 2.45) is 5.41 Å². The van der Waals surface area contributed by atoms with E-state index in [2.05, 4.69) is 4.90 Å². The molecule has 1 N–H and O–H groups in total. The van der Waals surface area contributed by atoms with Gasteiger partial charge in [0.25, 0.3) is 0 Å². The van der Waals surface area contributed by atoms with Crippen molar-refractivity contribution in [3.8, 4) is 0 Å². The average molecular weight is 229 g/mol. The minimum Gasteiger partial charge on any atom is -0.481 e. The summed E-state index contributed by atoms with van der Waals surface area (Å²) in [5.74, 6) is -0.696. The van der Waals surface area contributed by atoms with Gasteiger partial charge in [0.15, 0.2) is 0 Å². The van der Waals surface area contributed by atoms with E-state index in [9.17, 15) is 9.90 Å². The highest BCUT2D eigenvalue weighted by Gasteiger charge is 2.38. The molecule has 0 aromatic rings. The van der Waals surface area contributed by atoms with Crippen LogP contribution in [-0.2, 0) is 9.53 Å². The van der Waals surface area contributed by atoms with Crippen molar-refractivity contribution in [2.45, 2.75) is 39.2 Å². The summed E-state index contributed by atoms with van der Waals surface area (Å²) < 4.78 is 5.07. The van der Waals surface area contributed by atoms with Crippen LogP contribution in [0.5, 0.6) is 0 Å². The summed E-state index contributed by atoms with van der Waals surface area (Å²) in [5.41, 5.74) is -0.629. The number of rotatable bonds is 8. The first-order valence-electron chi connectivity index (χ1n) is 6.00. The molecule has 0 bridgehead atoms. The van der Waals surface area contributed by atoms with Crippen LogP contribution in [0.1, 0.15) is 33.1 Å². The molecule has 0 aromatic heterocycles. The molecule has 0 amide bonds. The normalized spacial score (nSPS) is 19.8. The average Bonchev–Trinajstić information content (AvgIpc) is 3.07. The Kier molecular flexibility index (Phi) is 4.74. The number of nitrogens with zero attached hydrogens (tertiary/aromatic N) is 1. The number of carboxylic acid groups (broad SMARTS) is 1. The second-order valence-electron chi connectivity index (χ2n) is 4.91. The van der Waals surface area contributed by atoms with Gasteiger partial charge in [0.2, 0.25) is 0 Å². The molecule has 1 atom stereocenters. The number of aliphatic carboxylic acids is 1. The zero-order valence-electron chi connectivity index (χ0n) is 10.5. The van der Waals surface area contributed by atoms with Crippen LogP contribution in [0.15, 0.2) is 0 Å². The number of hydrogen-bond acceptors (Lipinski definition) is 3. The Balaban J connectivity index is 2.54. The maximum atomic E-state index is 11.2. The molecule has 1 aliphatic rings. The van der Waals surface area contributed by atoms with Gasteiger partial charge in [0, 0.05) is 26.2 Å². The summed E-state index contributed by atoms with van der Waals surface area (Å²) in [5, 5.41) is 9.25. The van der Waals surface area contributed by atoms with Crippen LogP contribution >= 0.6 is 0 Å². The number of methoxy groups -OCH3 is 1. The molecule has 0 aromatic carbocycles. The Morgan fingerprint density at radius 2 is 2.19 bits per heavy atom. The summed E-state index contributed by atoms with van der Waals surface area (Å²) in [6.07, 6.45) is 3.06. The highest BCUT2D eigenvalue weighted by Crippen LogP contribution is 2.31. The summed E-state index contributed by atoms with van der Waals surface area (Å²) in [6.45, 7) is 5.92. The molecule has 1 saturated carbocycles. The molecule has 1 aliphatic carbocycles. The third-order valence-corrected chi connectivity index (χ3v) is 3.49. The van der Waals surface area contributed by atoms with Crippen molar-refractivity contribution in [1.29, 1.82) is 0 Å². The van der Waals surface area contributed by atoms with Crippen LogP contribution in [-0.4, -0.2) is 48.8 Å². The van der Waals surface area contributed by atoms with Crippen molar-refractivity contribution in [3.05, 3.63) is 0 Å². The molecule has 0 radical (unpaired) electrons. The van der Waals surface area contributed by atoms with E-state index >= 15 is 0 Å². The van der Waals surface area contributed by atoms with Crippen molar-refractivity contribution in [1.82, 2.24) is 4.90 Å². The molecule has 0 spiro atoms. The van der Waals surface area contributed by atoms with Crippen LogP contribution in [0.3, 0.4) is 0 Å². The van der Waals surface area contributed by atoms with Gasteiger partial charge in [-0.15, -0.1) is 0 Å². The fourth-order valence-corrected chi connectivity index (χ4v) is 1.82. The zero-order valence-corrected chi connectivity index (χ0v) is 10.5. The second kappa shape index (κ2) is 5.64. The third-order valence-electron chi connectivity index (χ3n) is 3.49. The molecule has 0 saturated heterocycles. The quantitative estimate of drug-likeness (QED) is 0.687. The second-order valence-corrected chi connectivity index (χ2v) is 4.91. The smallest absolute Gasteiger partial charge is 0.310 e. The molecule has 1 unspecified atom stereocenters. The monoisotopic (exact) mass is 229 g/mol. The highest BCUT2D eigenvalue weighted by molar-refractivity contribution is 5.74. The van der Waals surface area contributed by atoms with Gasteiger partial charge in [-0.3, -0.25) is 9.69 Å². The standard InChI is InChI=1S/C12H23NO3/c1-4-12(2,11(14)15)9-13(7-8-16-3)10-5-6-10/h10H,4-9H2,1-3H3,(H,14,15). The lowest BCUT2D eigenvalue weighted by molar-refractivity contribution is -0.149. The molecule has 1 rings (SSSR count). The molecule has 16 heavy (non-hydrogen) atoms. The minimum absolute atomic E-state index is 0.584. The Morgan fingerprint density at radius 1 is 1.56 bits per heavy atom. The highest BCUT2D eigenvalue weighted by atomic mass is 16.5. The van der Waals surface area contributed by atoms with Crippen molar-refractivity contribution in [2.75, 3.05) is 26.8 Å². The van der Waals surface area contributed by atoms with E-state index in [0.29, 0.717) is 25.6 Å². The van der Waals surface area contributed by atoms with E-state index in [0.717, 1.165) is 6.54 Å². The van der Waals surface area contributed by atoms with Crippen LogP contribution in [0.2, 0.25) is 0 Å². The summed E-state index contributed by atoms with van der Waals surface area (Å²) >= 11 is 0. The largest absolute Gasteiger partial charge is 0.481 e. The lowest BCUT2D eigenvalue weighted by Crippen LogP contribution is -2.43. The van der Waals surface area contributed by atoms with Crippen molar-refractivity contribution in [3.63, 3.8) is 0 Å². The van der Waals surface area contributed by atoms with Gasteiger partial charge in [-0.25, -0.2) is 0 Å². The van der Waals surface area contributed by atoms with Crippen LogP contribution in [0.25, 0.3) is 0 Å². The summed E-state index contributed by atoms with van der Waals surface area (Å²) in [4.78, 5) is 13.5. The number of hydrogen-bond donors (Lipinski definition) is 1. The molecular weight excluding hydrogens is 206 g/mol. The first-order chi connectivity index (χ1) is 7.53. The number of ether oxygens (including phenoxy) is 1. The van der Waals surface area contributed by atoms with Crippen LogP contribution < -0.4 is 0 Å². The van der Waals surface area contributed by atoms with Gasteiger partial charge in [0.1, 0.15) is 0 Å². The first-order valence-corrected chi connectivity index (χ1v) is 6.00. The van der Waals surface area contributed by atoms with Crippen molar-refractivity contribution < 1.29 is 14.6 Å². The predicted molar refractivity (Wildman–Crippen MR) is 62.5 cm³/mol. The molecule has 1 fully saturated rings. The number of carbonyl (C=O) groups is 1. The lowest BCUT2D eigenvalue weighted by Gasteiger charge is -2.31. The SMILES string of the molecule is CCC(C)(CN(CCOC)C1CC1)C(=O)O. The maximum absolute atomic E-state index is 11.2. The Labute approximate surface area is 97.6 Å². The molecule has 4 heteroatoms. The molecule has 0 aliphatic heterocycles. The molecule has 94 valence electrons. The van der Waals surface area contributed by atoms with Gasteiger partial charge < -0.3 is 9.84 Å². The van der Waals surface area contributed by atoms with E-state index in [1.807, 2.05) is 13.8 Å². The van der Waals surface area contributed by atoms with E-state index in [4.69, 9.17) is 4.74 Å². The van der Waals surface area contributed by atoms with E-state index in [1.165, 1.54) is 12.8 Å². The van der Waals surface area contributed by atoms with Gasteiger partial charge in [-0.1, -0.05) is 6.92 Å². The molecule has 0 heterocycles. The van der Waals surface area contributed by atoms with Gasteiger partial charge in [-0.05, 0) is 26.2 Å².